The Morgan fingerprint density at radius 2 is 1.58 bits per heavy atom. The first kappa shape index (κ1) is 13.4. The second-order valence-corrected chi connectivity index (χ2v) is 3.85. The third kappa shape index (κ3) is 2.40. The van der Waals surface area contributed by atoms with Crippen molar-refractivity contribution in [1.82, 2.24) is 9.97 Å². The SMILES string of the molecule is COc1cc2nc(C(F)(F)F)nc(C)c2cc1OC. The highest BCUT2D eigenvalue weighted by Crippen LogP contribution is 2.34. The summed E-state index contributed by atoms with van der Waals surface area (Å²) in [4.78, 5) is 6.99. The fraction of sp³-hybridized carbons (Fsp3) is 0.333. The van der Waals surface area contributed by atoms with Crippen LogP contribution < -0.4 is 9.47 Å². The normalized spacial score (nSPS) is 11.7. The van der Waals surface area contributed by atoms with Gasteiger partial charge >= 0.3 is 6.18 Å². The minimum absolute atomic E-state index is 0.164. The molecule has 0 amide bonds. The van der Waals surface area contributed by atoms with E-state index in [1.54, 1.807) is 6.07 Å². The van der Waals surface area contributed by atoms with E-state index >= 15 is 0 Å². The Bertz CT molecular complexity index is 626. The number of methoxy groups -OCH3 is 2. The lowest BCUT2D eigenvalue weighted by Gasteiger charge is -2.12. The molecule has 7 heteroatoms. The van der Waals surface area contributed by atoms with Crippen molar-refractivity contribution in [2.24, 2.45) is 0 Å². The van der Waals surface area contributed by atoms with Gasteiger partial charge in [-0.25, -0.2) is 9.97 Å². The maximum atomic E-state index is 12.6. The fourth-order valence-corrected chi connectivity index (χ4v) is 1.74. The number of ether oxygens (including phenoxy) is 2. The van der Waals surface area contributed by atoms with Crippen LogP contribution in [0.25, 0.3) is 10.9 Å². The molecule has 102 valence electrons. The zero-order valence-electron chi connectivity index (χ0n) is 10.5. The number of hydrogen-bond donors (Lipinski definition) is 0. The van der Waals surface area contributed by atoms with Crippen LogP contribution in [0.15, 0.2) is 12.1 Å². The lowest BCUT2D eigenvalue weighted by Crippen LogP contribution is -2.12. The molecule has 19 heavy (non-hydrogen) atoms. The Hall–Kier alpha value is -2.05. The van der Waals surface area contributed by atoms with Gasteiger partial charge in [-0.15, -0.1) is 0 Å². The van der Waals surface area contributed by atoms with Crippen molar-refractivity contribution in [3.8, 4) is 11.5 Å². The van der Waals surface area contributed by atoms with E-state index in [1.165, 1.54) is 27.2 Å². The van der Waals surface area contributed by atoms with Gasteiger partial charge in [0.1, 0.15) is 0 Å². The largest absolute Gasteiger partial charge is 0.493 e. The summed E-state index contributed by atoms with van der Waals surface area (Å²) in [7, 11) is 2.85. The fourth-order valence-electron chi connectivity index (χ4n) is 1.74. The topological polar surface area (TPSA) is 44.2 Å². The van der Waals surface area contributed by atoms with Crippen LogP contribution in [0, 0.1) is 6.92 Å². The summed E-state index contributed by atoms with van der Waals surface area (Å²) >= 11 is 0. The molecule has 0 aliphatic heterocycles. The average Bonchev–Trinajstić information content (AvgIpc) is 2.36. The third-order valence-electron chi connectivity index (χ3n) is 2.65. The minimum Gasteiger partial charge on any atom is -0.493 e. The highest BCUT2D eigenvalue weighted by Gasteiger charge is 2.35. The third-order valence-corrected chi connectivity index (χ3v) is 2.65. The molecule has 1 aromatic heterocycles. The molecule has 2 rings (SSSR count). The second-order valence-electron chi connectivity index (χ2n) is 3.85. The highest BCUT2D eigenvalue weighted by molar-refractivity contribution is 5.84. The van der Waals surface area contributed by atoms with Crippen LogP contribution in [0.2, 0.25) is 0 Å². The molecule has 0 unspecified atom stereocenters. The molecule has 1 aromatic carbocycles. The van der Waals surface area contributed by atoms with Crippen molar-refractivity contribution in [2.45, 2.75) is 13.1 Å². The summed E-state index contributed by atoms with van der Waals surface area (Å²) in [5.41, 5.74) is 0.399. The predicted molar refractivity (Wildman–Crippen MR) is 62.4 cm³/mol. The second kappa shape index (κ2) is 4.56. The summed E-state index contributed by atoms with van der Waals surface area (Å²) in [6.07, 6.45) is -4.58. The van der Waals surface area contributed by atoms with Crippen molar-refractivity contribution in [1.29, 1.82) is 0 Å². The monoisotopic (exact) mass is 272 g/mol. The van der Waals surface area contributed by atoms with Crippen LogP contribution >= 0.6 is 0 Å². The van der Waals surface area contributed by atoms with Gasteiger partial charge in [0.05, 0.1) is 19.7 Å². The van der Waals surface area contributed by atoms with Crippen LogP contribution in [0.4, 0.5) is 13.2 Å². The van der Waals surface area contributed by atoms with Gasteiger partial charge in [-0.2, -0.15) is 13.2 Å². The lowest BCUT2D eigenvalue weighted by molar-refractivity contribution is -0.144. The summed E-state index contributed by atoms with van der Waals surface area (Å²) < 4.78 is 48.1. The number of fused-ring (bicyclic) bond motifs is 1. The molecule has 0 atom stereocenters. The van der Waals surface area contributed by atoms with Crippen LogP contribution in [-0.4, -0.2) is 24.2 Å². The quantitative estimate of drug-likeness (QED) is 0.843. The number of halogens is 3. The molecule has 1 heterocycles. The van der Waals surface area contributed by atoms with Gasteiger partial charge in [0.2, 0.25) is 5.82 Å². The standard InChI is InChI=1S/C12H11F3N2O2/c1-6-7-4-9(18-2)10(19-3)5-8(7)17-11(16-6)12(13,14)15/h4-5H,1-3H3. The van der Waals surface area contributed by atoms with Gasteiger partial charge in [0.15, 0.2) is 11.5 Å². The van der Waals surface area contributed by atoms with E-state index < -0.39 is 12.0 Å². The van der Waals surface area contributed by atoms with E-state index in [2.05, 4.69) is 9.97 Å². The molecule has 0 fully saturated rings. The van der Waals surface area contributed by atoms with Gasteiger partial charge in [0.25, 0.3) is 0 Å². The number of alkyl halides is 3. The Morgan fingerprint density at radius 1 is 1.00 bits per heavy atom. The molecule has 0 bridgehead atoms. The molecular formula is C12H11F3N2O2. The van der Waals surface area contributed by atoms with Crippen molar-refractivity contribution >= 4 is 10.9 Å². The molecule has 0 N–H and O–H groups in total. The summed E-state index contributed by atoms with van der Waals surface area (Å²) in [6.45, 7) is 1.49. The van der Waals surface area contributed by atoms with E-state index in [1.807, 2.05) is 0 Å². The minimum atomic E-state index is -4.58. The molecule has 0 saturated heterocycles. The number of hydrogen-bond acceptors (Lipinski definition) is 4. The van der Waals surface area contributed by atoms with E-state index in [0.29, 0.717) is 16.9 Å². The van der Waals surface area contributed by atoms with Crippen LogP contribution in [-0.2, 0) is 6.18 Å². The molecule has 0 aliphatic rings. The van der Waals surface area contributed by atoms with E-state index in [4.69, 9.17) is 9.47 Å². The Kier molecular flexibility index (Phi) is 3.21. The Labute approximate surface area is 107 Å². The zero-order valence-corrected chi connectivity index (χ0v) is 10.5. The van der Waals surface area contributed by atoms with E-state index in [-0.39, 0.29) is 11.2 Å². The molecule has 4 nitrogen and oxygen atoms in total. The summed E-state index contributed by atoms with van der Waals surface area (Å²) in [5.74, 6) is -0.424. The van der Waals surface area contributed by atoms with Gasteiger partial charge < -0.3 is 9.47 Å². The van der Waals surface area contributed by atoms with E-state index in [9.17, 15) is 13.2 Å². The van der Waals surface area contributed by atoms with Crippen LogP contribution in [0.3, 0.4) is 0 Å². The van der Waals surface area contributed by atoms with Crippen LogP contribution in [0.5, 0.6) is 11.5 Å². The van der Waals surface area contributed by atoms with Crippen LogP contribution in [0.1, 0.15) is 11.5 Å². The highest BCUT2D eigenvalue weighted by atomic mass is 19.4. The van der Waals surface area contributed by atoms with Crippen molar-refractivity contribution in [2.75, 3.05) is 14.2 Å². The number of aromatic nitrogens is 2. The zero-order chi connectivity index (χ0) is 14.2. The molecule has 0 spiro atoms. The summed E-state index contributed by atoms with van der Waals surface area (Å²) in [5, 5.41) is 0.491. The van der Waals surface area contributed by atoms with Crippen molar-refractivity contribution in [3.63, 3.8) is 0 Å². The molecule has 0 aliphatic carbocycles. The van der Waals surface area contributed by atoms with Gasteiger partial charge in [0, 0.05) is 17.1 Å². The Morgan fingerprint density at radius 3 is 2.11 bits per heavy atom. The first-order valence-corrected chi connectivity index (χ1v) is 5.34. The number of rotatable bonds is 2. The first-order chi connectivity index (χ1) is 8.86. The molecular weight excluding hydrogens is 261 g/mol. The number of aryl methyl sites for hydroxylation is 1. The average molecular weight is 272 g/mol. The van der Waals surface area contributed by atoms with E-state index in [0.717, 1.165) is 0 Å². The number of benzene rings is 1. The van der Waals surface area contributed by atoms with Crippen molar-refractivity contribution in [3.05, 3.63) is 23.7 Å². The molecule has 0 saturated carbocycles. The maximum absolute atomic E-state index is 12.6. The Balaban J connectivity index is 2.74. The lowest BCUT2D eigenvalue weighted by atomic mass is 10.1. The smallest absolute Gasteiger partial charge is 0.451 e. The van der Waals surface area contributed by atoms with Gasteiger partial charge in [-0.3, -0.25) is 0 Å². The van der Waals surface area contributed by atoms with Crippen molar-refractivity contribution < 1.29 is 22.6 Å². The number of nitrogens with zero attached hydrogens (tertiary/aromatic N) is 2. The summed E-state index contributed by atoms with van der Waals surface area (Å²) in [6, 6.07) is 2.96. The molecule has 2 aromatic rings. The first-order valence-electron chi connectivity index (χ1n) is 5.34. The maximum Gasteiger partial charge on any atom is 0.451 e. The predicted octanol–water partition coefficient (Wildman–Crippen LogP) is 2.97. The van der Waals surface area contributed by atoms with Gasteiger partial charge in [-0.1, -0.05) is 0 Å². The molecule has 0 radical (unpaired) electrons. The van der Waals surface area contributed by atoms with Gasteiger partial charge in [-0.05, 0) is 13.0 Å².